The van der Waals surface area contributed by atoms with Gasteiger partial charge in [0.2, 0.25) is 5.91 Å². The summed E-state index contributed by atoms with van der Waals surface area (Å²) < 4.78 is 5.21. The van der Waals surface area contributed by atoms with Gasteiger partial charge in [-0.25, -0.2) is 9.98 Å². The monoisotopic (exact) mass is 463 g/mol. The van der Waals surface area contributed by atoms with Crippen LogP contribution < -0.4 is 5.32 Å². The van der Waals surface area contributed by atoms with Crippen molar-refractivity contribution in [3.05, 3.63) is 58.6 Å². The van der Waals surface area contributed by atoms with Crippen LogP contribution >= 0.6 is 11.3 Å². The Balaban J connectivity index is 1.37. The molecule has 1 aromatic carbocycles. The van der Waals surface area contributed by atoms with Crippen LogP contribution in [0.5, 0.6) is 0 Å². The highest BCUT2D eigenvalue weighted by Crippen LogP contribution is 2.34. The number of aliphatic imine (C=N–C) groups is 1. The molecular weight excluding hydrogens is 438 g/mol. The van der Waals surface area contributed by atoms with Crippen LogP contribution in [-0.4, -0.2) is 45.3 Å². The highest BCUT2D eigenvalue weighted by atomic mass is 32.1. The van der Waals surface area contributed by atoms with Gasteiger partial charge >= 0.3 is 0 Å². The third kappa shape index (κ3) is 3.86. The molecule has 3 aromatic rings. The molecule has 2 aliphatic rings. The first-order chi connectivity index (χ1) is 15.8. The summed E-state index contributed by atoms with van der Waals surface area (Å²) in [5.74, 6) is 0.874. The number of hydrogen-bond acceptors (Lipinski definition) is 7. The van der Waals surface area contributed by atoms with Crippen LogP contribution in [0.4, 0.5) is 0 Å². The van der Waals surface area contributed by atoms with Crippen LogP contribution in [0.3, 0.4) is 0 Å². The van der Waals surface area contributed by atoms with Crippen molar-refractivity contribution >= 4 is 29.0 Å². The summed E-state index contributed by atoms with van der Waals surface area (Å²) in [7, 11) is 0. The lowest BCUT2D eigenvalue weighted by Crippen LogP contribution is -2.46. The number of carbonyl (C=O) groups is 2. The third-order valence-electron chi connectivity index (χ3n) is 6.37. The van der Waals surface area contributed by atoms with E-state index in [4.69, 9.17) is 9.52 Å². The SMILES string of the molecule is Cc1cc(CC(=O)N2CCCC2C2=N[C@@](C)(c3ccc(-c4scnc4C)cc3)C(=O)N2)on1. The minimum absolute atomic E-state index is 0.0523. The van der Waals surface area contributed by atoms with Gasteiger partial charge in [0.25, 0.3) is 5.91 Å². The number of carbonyl (C=O) groups excluding carboxylic acids is 2. The zero-order valence-electron chi connectivity index (χ0n) is 18.8. The van der Waals surface area contributed by atoms with Gasteiger partial charge in [-0.15, -0.1) is 11.3 Å². The molecule has 1 unspecified atom stereocenters. The Morgan fingerprint density at radius 3 is 2.76 bits per heavy atom. The van der Waals surface area contributed by atoms with E-state index in [0.29, 0.717) is 18.1 Å². The molecule has 2 aliphatic heterocycles. The number of aromatic nitrogens is 2. The molecule has 0 aliphatic carbocycles. The summed E-state index contributed by atoms with van der Waals surface area (Å²) in [5.41, 5.74) is 4.42. The highest BCUT2D eigenvalue weighted by molar-refractivity contribution is 7.13. The predicted octanol–water partition coefficient (Wildman–Crippen LogP) is 3.39. The van der Waals surface area contributed by atoms with Crippen molar-refractivity contribution in [1.29, 1.82) is 0 Å². The van der Waals surface area contributed by atoms with Gasteiger partial charge in [0, 0.05) is 12.6 Å². The van der Waals surface area contributed by atoms with Gasteiger partial charge in [-0.2, -0.15) is 0 Å². The largest absolute Gasteiger partial charge is 0.361 e. The zero-order chi connectivity index (χ0) is 23.2. The Morgan fingerprint density at radius 1 is 1.30 bits per heavy atom. The van der Waals surface area contributed by atoms with Crippen molar-refractivity contribution < 1.29 is 14.1 Å². The molecular formula is C24H25N5O3S. The molecule has 4 heterocycles. The lowest BCUT2D eigenvalue weighted by atomic mass is 9.91. The van der Waals surface area contributed by atoms with Gasteiger partial charge in [-0.1, -0.05) is 29.4 Å². The topological polar surface area (TPSA) is 101 Å². The van der Waals surface area contributed by atoms with Crippen LogP contribution in [0.2, 0.25) is 0 Å². The number of aryl methyl sites for hydroxylation is 2. The standard InChI is InChI=1S/C24H25N5O3S/c1-14-11-18(32-28-14)12-20(30)29-10-4-5-19(29)22-26-23(31)24(3,27-22)17-8-6-16(7-9-17)21-15(2)25-13-33-21/h6-9,11,13,19H,4-5,10,12H2,1-3H3,(H,26,27,31)/t19?,24-/m0/s1. The van der Waals surface area contributed by atoms with Crippen LogP contribution in [-0.2, 0) is 21.5 Å². The quantitative estimate of drug-likeness (QED) is 0.625. The number of nitrogens with one attached hydrogen (secondary N) is 1. The Labute approximate surface area is 195 Å². The Bertz CT molecular complexity index is 1250. The maximum atomic E-state index is 13.0. The minimum atomic E-state index is -1.03. The first-order valence-corrected chi connectivity index (χ1v) is 11.9. The summed E-state index contributed by atoms with van der Waals surface area (Å²) in [5, 5.41) is 6.82. The van der Waals surface area contributed by atoms with Gasteiger partial charge in [0.1, 0.15) is 11.6 Å². The minimum Gasteiger partial charge on any atom is -0.361 e. The lowest BCUT2D eigenvalue weighted by molar-refractivity contribution is -0.130. The van der Waals surface area contributed by atoms with Gasteiger partial charge in [-0.3, -0.25) is 9.59 Å². The van der Waals surface area contributed by atoms with Crippen LogP contribution in [0.1, 0.15) is 42.5 Å². The number of amidine groups is 1. The number of benzene rings is 1. The first-order valence-electron chi connectivity index (χ1n) is 11.0. The van der Waals surface area contributed by atoms with E-state index in [-0.39, 0.29) is 24.3 Å². The molecule has 2 atom stereocenters. The summed E-state index contributed by atoms with van der Waals surface area (Å²) in [6.07, 6.45) is 1.77. The number of amides is 2. The zero-order valence-corrected chi connectivity index (χ0v) is 19.6. The summed E-state index contributed by atoms with van der Waals surface area (Å²) in [4.78, 5) is 38.0. The molecule has 170 valence electrons. The van der Waals surface area contributed by atoms with E-state index < -0.39 is 5.54 Å². The molecule has 0 bridgehead atoms. The fraction of sp³-hybridized carbons (Fsp3) is 0.375. The molecule has 0 spiro atoms. The molecule has 2 amide bonds. The van der Waals surface area contributed by atoms with Gasteiger partial charge in [0.15, 0.2) is 5.54 Å². The van der Waals surface area contributed by atoms with Crippen molar-refractivity contribution in [2.75, 3.05) is 6.54 Å². The predicted molar refractivity (Wildman–Crippen MR) is 125 cm³/mol. The summed E-state index contributed by atoms with van der Waals surface area (Å²) >= 11 is 1.60. The van der Waals surface area contributed by atoms with E-state index in [0.717, 1.165) is 40.2 Å². The second-order valence-electron chi connectivity index (χ2n) is 8.72. The second-order valence-corrected chi connectivity index (χ2v) is 9.58. The van der Waals surface area contributed by atoms with E-state index in [1.54, 1.807) is 22.3 Å². The van der Waals surface area contributed by atoms with Crippen molar-refractivity contribution in [2.45, 2.75) is 51.6 Å². The smallest absolute Gasteiger partial charge is 0.257 e. The highest BCUT2D eigenvalue weighted by Gasteiger charge is 2.45. The van der Waals surface area contributed by atoms with Crippen molar-refractivity contribution in [2.24, 2.45) is 4.99 Å². The van der Waals surface area contributed by atoms with E-state index in [1.165, 1.54) is 0 Å². The molecule has 1 fully saturated rings. The molecule has 1 saturated heterocycles. The average molecular weight is 464 g/mol. The Morgan fingerprint density at radius 2 is 2.09 bits per heavy atom. The summed E-state index contributed by atoms with van der Waals surface area (Å²) in [6, 6.07) is 9.44. The van der Waals surface area contributed by atoms with Crippen molar-refractivity contribution in [1.82, 2.24) is 20.4 Å². The summed E-state index contributed by atoms with van der Waals surface area (Å²) in [6.45, 7) is 6.26. The molecule has 8 nitrogen and oxygen atoms in total. The second kappa shape index (κ2) is 8.22. The van der Waals surface area contributed by atoms with E-state index in [9.17, 15) is 9.59 Å². The Kier molecular flexibility index (Phi) is 5.36. The van der Waals surface area contributed by atoms with Crippen LogP contribution in [0.25, 0.3) is 10.4 Å². The van der Waals surface area contributed by atoms with E-state index in [2.05, 4.69) is 15.5 Å². The maximum absolute atomic E-state index is 13.0. The van der Waals surface area contributed by atoms with Crippen LogP contribution in [0.15, 0.2) is 45.4 Å². The fourth-order valence-corrected chi connectivity index (χ4v) is 5.35. The molecule has 33 heavy (non-hydrogen) atoms. The first kappa shape index (κ1) is 21.5. The van der Waals surface area contributed by atoms with Gasteiger partial charge < -0.3 is 14.7 Å². The Hall–Kier alpha value is -3.33. The molecule has 2 aromatic heterocycles. The van der Waals surface area contributed by atoms with Crippen LogP contribution in [0, 0.1) is 13.8 Å². The molecule has 9 heteroatoms. The van der Waals surface area contributed by atoms with Crippen molar-refractivity contribution in [3.8, 4) is 10.4 Å². The van der Waals surface area contributed by atoms with Gasteiger partial charge in [0.05, 0.1) is 34.2 Å². The number of rotatable bonds is 5. The average Bonchev–Trinajstić information content (AvgIpc) is 3.57. The normalized spacial score (nSPS) is 22.5. The van der Waals surface area contributed by atoms with E-state index >= 15 is 0 Å². The number of nitrogens with zero attached hydrogens (tertiary/aromatic N) is 4. The number of hydrogen-bond donors (Lipinski definition) is 1. The lowest BCUT2D eigenvalue weighted by Gasteiger charge is -2.24. The van der Waals surface area contributed by atoms with Crippen molar-refractivity contribution in [3.63, 3.8) is 0 Å². The molecule has 1 N–H and O–H groups in total. The number of likely N-dealkylation sites (tertiary alicyclic amines) is 1. The molecule has 0 radical (unpaired) electrons. The molecule has 5 rings (SSSR count). The maximum Gasteiger partial charge on any atom is 0.257 e. The van der Waals surface area contributed by atoms with Gasteiger partial charge in [-0.05, 0) is 44.7 Å². The molecule has 0 saturated carbocycles. The fourth-order valence-electron chi connectivity index (χ4n) is 4.54. The van der Waals surface area contributed by atoms with E-state index in [1.807, 2.05) is 50.5 Å². The number of thiazole rings is 1. The third-order valence-corrected chi connectivity index (χ3v) is 7.35.